The van der Waals surface area contributed by atoms with Crippen LogP contribution in [0.3, 0.4) is 0 Å². The van der Waals surface area contributed by atoms with Crippen molar-refractivity contribution in [1.29, 1.82) is 0 Å². The SMILES string of the molecule is CC(N)CC(O)c1cccc(Cl)c1Cl. The average Bonchev–Trinajstić information content (AvgIpc) is 2.08. The van der Waals surface area contributed by atoms with Crippen LogP contribution in [0.15, 0.2) is 18.2 Å². The molecule has 0 aliphatic rings. The van der Waals surface area contributed by atoms with Crippen LogP contribution in [0.25, 0.3) is 0 Å². The second-order valence-electron chi connectivity index (χ2n) is 3.37. The minimum atomic E-state index is -0.652. The van der Waals surface area contributed by atoms with Crippen LogP contribution in [0.4, 0.5) is 0 Å². The van der Waals surface area contributed by atoms with E-state index in [2.05, 4.69) is 0 Å². The molecule has 2 unspecified atom stereocenters. The molecular weight excluding hydrogens is 221 g/mol. The fourth-order valence-electron chi connectivity index (χ4n) is 1.26. The molecule has 0 fully saturated rings. The quantitative estimate of drug-likeness (QED) is 0.844. The van der Waals surface area contributed by atoms with Gasteiger partial charge in [0.05, 0.1) is 16.1 Å². The highest BCUT2D eigenvalue weighted by Gasteiger charge is 2.14. The normalized spacial score (nSPS) is 15.2. The highest BCUT2D eigenvalue weighted by atomic mass is 35.5. The zero-order valence-corrected chi connectivity index (χ0v) is 9.39. The second-order valence-corrected chi connectivity index (χ2v) is 4.16. The number of nitrogens with two attached hydrogens (primary N) is 1. The maximum absolute atomic E-state index is 9.77. The summed E-state index contributed by atoms with van der Waals surface area (Å²) >= 11 is 11.8. The lowest BCUT2D eigenvalue weighted by atomic mass is 10.0. The van der Waals surface area contributed by atoms with Gasteiger partial charge in [-0.2, -0.15) is 0 Å². The van der Waals surface area contributed by atoms with E-state index in [1.54, 1.807) is 18.2 Å². The molecule has 0 aromatic heterocycles. The van der Waals surface area contributed by atoms with Gasteiger partial charge in [-0.05, 0) is 19.4 Å². The second kappa shape index (κ2) is 4.99. The van der Waals surface area contributed by atoms with Gasteiger partial charge in [-0.1, -0.05) is 35.3 Å². The van der Waals surface area contributed by atoms with Crippen molar-refractivity contribution >= 4 is 23.2 Å². The molecule has 1 aromatic rings. The van der Waals surface area contributed by atoms with E-state index >= 15 is 0 Å². The van der Waals surface area contributed by atoms with Gasteiger partial charge in [0.1, 0.15) is 0 Å². The number of benzene rings is 1. The van der Waals surface area contributed by atoms with Gasteiger partial charge < -0.3 is 10.8 Å². The molecule has 1 rings (SSSR count). The summed E-state index contributed by atoms with van der Waals surface area (Å²) in [4.78, 5) is 0. The predicted octanol–water partition coefficient (Wildman–Crippen LogP) is 2.76. The molecule has 0 saturated heterocycles. The van der Waals surface area contributed by atoms with Gasteiger partial charge in [-0.3, -0.25) is 0 Å². The first kappa shape index (κ1) is 11.8. The van der Waals surface area contributed by atoms with E-state index < -0.39 is 6.10 Å². The number of aliphatic hydroxyl groups is 1. The van der Waals surface area contributed by atoms with Crippen LogP contribution in [0.1, 0.15) is 25.0 Å². The minimum Gasteiger partial charge on any atom is -0.388 e. The number of aliphatic hydroxyl groups excluding tert-OH is 1. The lowest BCUT2D eigenvalue weighted by Crippen LogP contribution is -2.18. The highest BCUT2D eigenvalue weighted by molar-refractivity contribution is 6.42. The summed E-state index contributed by atoms with van der Waals surface area (Å²) in [5.74, 6) is 0. The third-order valence-corrected chi connectivity index (χ3v) is 2.77. The van der Waals surface area contributed by atoms with Crippen LogP contribution in [-0.4, -0.2) is 11.1 Å². The fraction of sp³-hybridized carbons (Fsp3) is 0.400. The van der Waals surface area contributed by atoms with E-state index in [1.165, 1.54) is 0 Å². The largest absolute Gasteiger partial charge is 0.388 e. The van der Waals surface area contributed by atoms with Gasteiger partial charge in [0.15, 0.2) is 0 Å². The van der Waals surface area contributed by atoms with Gasteiger partial charge >= 0.3 is 0 Å². The Morgan fingerprint density at radius 1 is 1.43 bits per heavy atom. The van der Waals surface area contributed by atoms with Crippen molar-refractivity contribution < 1.29 is 5.11 Å². The Labute approximate surface area is 93.6 Å². The van der Waals surface area contributed by atoms with Gasteiger partial charge in [-0.15, -0.1) is 0 Å². The van der Waals surface area contributed by atoms with Crippen LogP contribution in [0.5, 0.6) is 0 Å². The number of halogens is 2. The standard InChI is InChI=1S/C10H13Cl2NO/c1-6(13)5-9(14)7-3-2-4-8(11)10(7)12/h2-4,6,9,14H,5,13H2,1H3. The smallest absolute Gasteiger partial charge is 0.0819 e. The number of hydrogen-bond donors (Lipinski definition) is 2. The predicted molar refractivity (Wildman–Crippen MR) is 59.7 cm³/mol. The monoisotopic (exact) mass is 233 g/mol. The minimum absolute atomic E-state index is 0.0694. The van der Waals surface area contributed by atoms with E-state index in [1.807, 2.05) is 6.92 Å². The fourth-order valence-corrected chi connectivity index (χ4v) is 1.69. The molecule has 0 saturated carbocycles. The zero-order chi connectivity index (χ0) is 10.7. The summed E-state index contributed by atoms with van der Waals surface area (Å²) in [7, 11) is 0. The van der Waals surface area contributed by atoms with Crippen molar-refractivity contribution in [2.75, 3.05) is 0 Å². The summed E-state index contributed by atoms with van der Waals surface area (Å²) in [6, 6.07) is 5.13. The van der Waals surface area contributed by atoms with E-state index in [4.69, 9.17) is 28.9 Å². The topological polar surface area (TPSA) is 46.2 Å². The summed E-state index contributed by atoms with van der Waals surface area (Å²) < 4.78 is 0. The first-order valence-corrected chi connectivity index (χ1v) is 5.15. The maximum Gasteiger partial charge on any atom is 0.0819 e. The summed E-state index contributed by atoms with van der Waals surface area (Å²) in [6.07, 6.45) is -0.179. The van der Waals surface area contributed by atoms with Crippen molar-refractivity contribution in [1.82, 2.24) is 0 Å². The third-order valence-electron chi connectivity index (χ3n) is 1.94. The molecule has 0 bridgehead atoms. The van der Waals surface area contributed by atoms with Crippen LogP contribution < -0.4 is 5.73 Å². The highest BCUT2D eigenvalue weighted by Crippen LogP contribution is 2.31. The zero-order valence-electron chi connectivity index (χ0n) is 7.87. The van der Waals surface area contributed by atoms with Crippen LogP contribution in [0.2, 0.25) is 10.0 Å². The van der Waals surface area contributed by atoms with Crippen LogP contribution in [0, 0.1) is 0 Å². The van der Waals surface area contributed by atoms with E-state index in [0.29, 0.717) is 22.0 Å². The Bertz CT molecular complexity index is 315. The first-order valence-electron chi connectivity index (χ1n) is 4.40. The van der Waals surface area contributed by atoms with E-state index in [0.717, 1.165) is 0 Å². The molecule has 4 heteroatoms. The van der Waals surface area contributed by atoms with Crippen molar-refractivity contribution in [2.24, 2.45) is 5.73 Å². The van der Waals surface area contributed by atoms with Gasteiger partial charge in [0, 0.05) is 11.6 Å². The molecule has 0 aliphatic carbocycles. The molecule has 0 radical (unpaired) electrons. The molecule has 14 heavy (non-hydrogen) atoms. The molecule has 1 aromatic carbocycles. The average molecular weight is 234 g/mol. The van der Waals surface area contributed by atoms with Crippen LogP contribution >= 0.6 is 23.2 Å². The Balaban J connectivity index is 2.89. The van der Waals surface area contributed by atoms with E-state index in [-0.39, 0.29) is 6.04 Å². The number of hydrogen-bond acceptors (Lipinski definition) is 2. The van der Waals surface area contributed by atoms with Crippen molar-refractivity contribution in [2.45, 2.75) is 25.5 Å². The first-order chi connectivity index (χ1) is 6.52. The van der Waals surface area contributed by atoms with Crippen molar-refractivity contribution in [3.63, 3.8) is 0 Å². The van der Waals surface area contributed by atoms with Gasteiger partial charge in [0.25, 0.3) is 0 Å². The van der Waals surface area contributed by atoms with Crippen LogP contribution in [-0.2, 0) is 0 Å². The molecule has 2 nitrogen and oxygen atoms in total. The Kier molecular flexibility index (Phi) is 4.20. The Morgan fingerprint density at radius 3 is 2.64 bits per heavy atom. The third kappa shape index (κ3) is 2.85. The van der Waals surface area contributed by atoms with Crippen molar-refractivity contribution in [3.05, 3.63) is 33.8 Å². The number of rotatable bonds is 3. The van der Waals surface area contributed by atoms with Gasteiger partial charge in [-0.25, -0.2) is 0 Å². The molecule has 0 heterocycles. The lowest BCUT2D eigenvalue weighted by Gasteiger charge is -2.15. The lowest BCUT2D eigenvalue weighted by molar-refractivity contribution is 0.160. The van der Waals surface area contributed by atoms with E-state index in [9.17, 15) is 5.11 Å². The molecule has 3 N–H and O–H groups in total. The van der Waals surface area contributed by atoms with Gasteiger partial charge in [0.2, 0.25) is 0 Å². The molecule has 2 atom stereocenters. The summed E-state index contributed by atoms with van der Waals surface area (Å²) in [5.41, 5.74) is 6.22. The van der Waals surface area contributed by atoms with Crippen molar-refractivity contribution in [3.8, 4) is 0 Å². The molecule has 78 valence electrons. The Hall–Kier alpha value is -0.280. The summed E-state index contributed by atoms with van der Waals surface area (Å²) in [6.45, 7) is 1.83. The molecule has 0 amide bonds. The molecule has 0 aliphatic heterocycles. The Morgan fingerprint density at radius 2 is 2.07 bits per heavy atom. The maximum atomic E-state index is 9.77. The molecular formula is C10H13Cl2NO. The molecule has 0 spiro atoms. The summed E-state index contributed by atoms with van der Waals surface area (Å²) in [5, 5.41) is 10.6.